The molecule has 0 saturated carbocycles. The van der Waals surface area contributed by atoms with Crippen LogP contribution in [0.15, 0.2) is 11.0 Å². The minimum absolute atomic E-state index is 0.547. The molecule has 1 aromatic heterocycles. The number of halogens is 1. The van der Waals surface area contributed by atoms with Crippen molar-refractivity contribution in [1.29, 1.82) is 0 Å². The van der Waals surface area contributed by atoms with Crippen molar-refractivity contribution in [2.75, 3.05) is 12.3 Å². The number of anilines is 1. The Morgan fingerprint density at radius 2 is 2.17 bits per heavy atom. The molecule has 18 heavy (non-hydrogen) atoms. The Balaban J connectivity index is 2.39. The highest BCUT2D eigenvalue weighted by Crippen LogP contribution is 2.28. The third kappa shape index (κ3) is 1.97. The van der Waals surface area contributed by atoms with Gasteiger partial charge in [-0.15, -0.1) is 0 Å². The fourth-order valence-corrected chi connectivity index (χ4v) is 1.75. The Morgan fingerprint density at radius 3 is 2.72 bits per heavy atom. The van der Waals surface area contributed by atoms with Gasteiger partial charge in [0.15, 0.2) is 17.9 Å². The average Bonchev–Trinajstić information content (AvgIpc) is 2.61. The Labute approximate surface area is 100 Å². The van der Waals surface area contributed by atoms with Gasteiger partial charge in [0.1, 0.15) is 18.3 Å². The SMILES string of the molecule is Nc1nc(=O)n(C2O[C@H](CO)[C@@H](O)[C@@H]2O)cc1F. The van der Waals surface area contributed by atoms with Gasteiger partial charge in [-0.3, -0.25) is 4.57 Å². The van der Waals surface area contributed by atoms with E-state index in [4.69, 9.17) is 15.6 Å². The van der Waals surface area contributed by atoms with Gasteiger partial charge in [-0.25, -0.2) is 9.18 Å². The maximum atomic E-state index is 13.2. The number of nitrogens with two attached hydrogens (primary N) is 1. The Hall–Kier alpha value is -1.55. The lowest BCUT2D eigenvalue weighted by Gasteiger charge is -2.17. The monoisotopic (exact) mass is 261 g/mol. The molecular formula is C9H12FN3O5. The summed E-state index contributed by atoms with van der Waals surface area (Å²) in [5.41, 5.74) is 4.18. The minimum Gasteiger partial charge on any atom is -0.394 e. The number of aromatic nitrogens is 2. The summed E-state index contributed by atoms with van der Waals surface area (Å²) in [5, 5.41) is 28.1. The summed E-state index contributed by atoms with van der Waals surface area (Å²) >= 11 is 0. The molecule has 0 radical (unpaired) electrons. The Morgan fingerprint density at radius 1 is 1.50 bits per heavy atom. The zero-order valence-electron chi connectivity index (χ0n) is 9.10. The molecule has 9 heteroatoms. The lowest BCUT2D eigenvalue weighted by Crippen LogP contribution is -2.36. The second-order valence-electron chi connectivity index (χ2n) is 3.89. The third-order valence-electron chi connectivity index (χ3n) is 2.73. The fraction of sp³-hybridized carbons (Fsp3) is 0.556. The van der Waals surface area contributed by atoms with Gasteiger partial charge >= 0.3 is 5.69 Å². The highest BCUT2D eigenvalue weighted by atomic mass is 19.1. The van der Waals surface area contributed by atoms with E-state index in [0.29, 0.717) is 4.57 Å². The Kier molecular flexibility index (Phi) is 3.30. The molecule has 2 rings (SSSR count). The molecule has 0 aromatic carbocycles. The van der Waals surface area contributed by atoms with E-state index in [1.807, 2.05) is 0 Å². The third-order valence-corrected chi connectivity index (χ3v) is 2.73. The van der Waals surface area contributed by atoms with Crippen molar-refractivity contribution in [3.8, 4) is 0 Å². The van der Waals surface area contributed by atoms with Gasteiger partial charge in [-0.1, -0.05) is 0 Å². The van der Waals surface area contributed by atoms with E-state index in [-0.39, 0.29) is 0 Å². The number of aliphatic hydroxyl groups is 3. The predicted molar refractivity (Wildman–Crippen MR) is 55.9 cm³/mol. The highest BCUT2D eigenvalue weighted by molar-refractivity contribution is 5.26. The zero-order valence-corrected chi connectivity index (χ0v) is 9.10. The summed E-state index contributed by atoms with van der Waals surface area (Å²) in [6.07, 6.45) is -4.52. The number of ether oxygens (including phenoxy) is 1. The molecule has 4 atom stereocenters. The highest BCUT2D eigenvalue weighted by Gasteiger charge is 2.43. The number of aliphatic hydroxyl groups excluding tert-OH is 3. The lowest BCUT2D eigenvalue weighted by atomic mass is 10.1. The molecule has 2 heterocycles. The molecular weight excluding hydrogens is 249 g/mol. The molecule has 5 N–H and O–H groups in total. The van der Waals surface area contributed by atoms with Crippen LogP contribution in [0.3, 0.4) is 0 Å². The second kappa shape index (κ2) is 4.61. The first-order valence-corrected chi connectivity index (χ1v) is 5.12. The maximum Gasteiger partial charge on any atom is 0.351 e. The van der Waals surface area contributed by atoms with Crippen molar-refractivity contribution in [1.82, 2.24) is 9.55 Å². The van der Waals surface area contributed by atoms with Gasteiger partial charge in [0.05, 0.1) is 12.8 Å². The summed E-state index contributed by atoms with van der Waals surface area (Å²) in [6.45, 7) is -0.547. The summed E-state index contributed by atoms with van der Waals surface area (Å²) < 4.78 is 19.0. The standard InChI is InChI=1S/C9H12FN3O5/c10-3-1-13(9(17)12-7(3)11)8-6(16)5(15)4(2-14)18-8/h1,4-6,8,14-16H,2H2,(H2,11,12,17)/t4-,5-,6+,8?/m1/s1. The molecule has 1 saturated heterocycles. The van der Waals surface area contributed by atoms with Crippen LogP contribution in [0.25, 0.3) is 0 Å². The fourth-order valence-electron chi connectivity index (χ4n) is 1.75. The van der Waals surface area contributed by atoms with E-state index in [2.05, 4.69) is 4.98 Å². The predicted octanol–water partition coefficient (Wildman–Crippen LogP) is -2.42. The number of rotatable bonds is 2. The van der Waals surface area contributed by atoms with Crippen LogP contribution in [0.4, 0.5) is 10.2 Å². The number of hydrogen-bond donors (Lipinski definition) is 4. The molecule has 0 spiro atoms. The molecule has 1 aliphatic heterocycles. The molecule has 8 nitrogen and oxygen atoms in total. The smallest absolute Gasteiger partial charge is 0.351 e. The average molecular weight is 261 g/mol. The van der Waals surface area contributed by atoms with E-state index in [0.717, 1.165) is 6.20 Å². The summed E-state index contributed by atoms with van der Waals surface area (Å²) in [5.74, 6) is -1.52. The Bertz CT molecular complexity index is 507. The van der Waals surface area contributed by atoms with E-state index < -0.39 is 48.5 Å². The first-order chi connectivity index (χ1) is 8.45. The van der Waals surface area contributed by atoms with Crippen LogP contribution < -0.4 is 11.4 Å². The van der Waals surface area contributed by atoms with E-state index in [9.17, 15) is 19.4 Å². The van der Waals surface area contributed by atoms with E-state index in [1.54, 1.807) is 0 Å². The van der Waals surface area contributed by atoms with Crippen molar-refractivity contribution in [2.45, 2.75) is 24.5 Å². The molecule has 1 fully saturated rings. The van der Waals surface area contributed by atoms with Gasteiger partial charge in [0.2, 0.25) is 0 Å². The van der Waals surface area contributed by atoms with Crippen LogP contribution in [-0.4, -0.2) is 49.8 Å². The van der Waals surface area contributed by atoms with Gasteiger partial charge in [-0.2, -0.15) is 4.98 Å². The molecule has 1 aliphatic rings. The molecule has 0 bridgehead atoms. The van der Waals surface area contributed by atoms with Gasteiger partial charge in [0, 0.05) is 0 Å². The number of nitrogens with zero attached hydrogens (tertiary/aromatic N) is 2. The van der Waals surface area contributed by atoms with Crippen LogP contribution in [0.1, 0.15) is 6.23 Å². The van der Waals surface area contributed by atoms with Crippen LogP contribution in [-0.2, 0) is 4.74 Å². The summed E-state index contributed by atoms with van der Waals surface area (Å²) in [4.78, 5) is 14.7. The van der Waals surface area contributed by atoms with Gasteiger partial charge in [0.25, 0.3) is 0 Å². The minimum atomic E-state index is -1.48. The first kappa shape index (κ1) is 12.9. The van der Waals surface area contributed by atoms with Crippen LogP contribution in [0, 0.1) is 5.82 Å². The molecule has 1 aromatic rings. The van der Waals surface area contributed by atoms with Gasteiger partial charge in [-0.05, 0) is 0 Å². The maximum absolute atomic E-state index is 13.2. The second-order valence-corrected chi connectivity index (χ2v) is 3.89. The van der Waals surface area contributed by atoms with Crippen LogP contribution in [0.2, 0.25) is 0 Å². The van der Waals surface area contributed by atoms with Crippen molar-refractivity contribution >= 4 is 5.82 Å². The lowest BCUT2D eigenvalue weighted by molar-refractivity contribution is -0.0553. The van der Waals surface area contributed by atoms with Crippen molar-refractivity contribution in [2.24, 2.45) is 0 Å². The number of hydrogen-bond acceptors (Lipinski definition) is 7. The first-order valence-electron chi connectivity index (χ1n) is 5.12. The quantitative estimate of drug-likeness (QED) is 0.465. The van der Waals surface area contributed by atoms with Crippen LogP contribution in [0.5, 0.6) is 0 Å². The van der Waals surface area contributed by atoms with Crippen molar-refractivity contribution in [3.05, 3.63) is 22.5 Å². The topological polar surface area (TPSA) is 131 Å². The normalized spacial score (nSPS) is 31.8. The summed E-state index contributed by atoms with van der Waals surface area (Å²) in [6, 6.07) is 0. The number of nitrogen functional groups attached to an aromatic ring is 1. The van der Waals surface area contributed by atoms with Crippen LogP contribution >= 0.6 is 0 Å². The van der Waals surface area contributed by atoms with Crippen molar-refractivity contribution < 1.29 is 24.4 Å². The molecule has 0 aliphatic carbocycles. The summed E-state index contributed by atoms with van der Waals surface area (Å²) in [7, 11) is 0. The molecule has 0 amide bonds. The molecule has 1 unspecified atom stereocenters. The van der Waals surface area contributed by atoms with Gasteiger partial charge < -0.3 is 25.8 Å². The zero-order chi connectivity index (χ0) is 13.4. The van der Waals surface area contributed by atoms with Crippen molar-refractivity contribution in [3.63, 3.8) is 0 Å². The van der Waals surface area contributed by atoms with E-state index in [1.165, 1.54) is 0 Å². The largest absolute Gasteiger partial charge is 0.394 e. The van der Waals surface area contributed by atoms with E-state index >= 15 is 0 Å². The molecule has 100 valence electrons.